The van der Waals surface area contributed by atoms with Gasteiger partial charge in [0.1, 0.15) is 5.41 Å². The predicted molar refractivity (Wildman–Crippen MR) is 63.1 cm³/mol. The van der Waals surface area contributed by atoms with Crippen molar-refractivity contribution in [2.45, 2.75) is 46.5 Å². The molecule has 1 heterocycles. The molecule has 4 amide bonds. The van der Waals surface area contributed by atoms with E-state index in [0.717, 1.165) is 19.3 Å². The van der Waals surface area contributed by atoms with Gasteiger partial charge in [-0.1, -0.05) is 33.6 Å². The van der Waals surface area contributed by atoms with Crippen molar-refractivity contribution in [3.8, 4) is 0 Å². The van der Waals surface area contributed by atoms with Crippen LogP contribution in [0.4, 0.5) is 4.79 Å². The molecule has 2 N–H and O–H groups in total. The monoisotopic (exact) mass is 240 g/mol. The second kappa shape index (κ2) is 5.29. The van der Waals surface area contributed by atoms with E-state index in [9.17, 15) is 14.4 Å². The largest absolute Gasteiger partial charge is 0.328 e. The summed E-state index contributed by atoms with van der Waals surface area (Å²) in [5.41, 5.74) is -1.08. The summed E-state index contributed by atoms with van der Waals surface area (Å²) in [6.45, 7) is 5.80. The number of hydrogen-bond acceptors (Lipinski definition) is 3. The van der Waals surface area contributed by atoms with Crippen molar-refractivity contribution >= 4 is 17.8 Å². The van der Waals surface area contributed by atoms with Crippen molar-refractivity contribution in [1.82, 2.24) is 10.6 Å². The second-order valence-corrected chi connectivity index (χ2v) is 4.46. The standard InChI is InChI=1S/C12H20N2O3/c1-4-7-8(5-2)12(6-3)9(15)13-11(17)14-10(12)16/h8H,4-7H2,1-3H3,(H2,13,14,15,16,17)/t8-/m1/s1. The number of carbonyl (C=O) groups is 3. The van der Waals surface area contributed by atoms with E-state index in [0.29, 0.717) is 6.42 Å². The minimum Gasteiger partial charge on any atom is -0.277 e. The van der Waals surface area contributed by atoms with E-state index in [4.69, 9.17) is 0 Å². The fourth-order valence-corrected chi connectivity index (χ4v) is 2.69. The summed E-state index contributed by atoms with van der Waals surface area (Å²) < 4.78 is 0. The van der Waals surface area contributed by atoms with Crippen LogP contribution in [0.3, 0.4) is 0 Å². The van der Waals surface area contributed by atoms with E-state index in [1.165, 1.54) is 0 Å². The molecular weight excluding hydrogens is 220 g/mol. The van der Waals surface area contributed by atoms with Crippen molar-refractivity contribution in [3.63, 3.8) is 0 Å². The van der Waals surface area contributed by atoms with E-state index in [1.807, 2.05) is 20.8 Å². The minimum absolute atomic E-state index is 0.0226. The zero-order chi connectivity index (χ0) is 13.1. The molecule has 0 unspecified atom stereocenters. The molecule has 0 radical (unpaired) electrons. The van der Waals surface area contributed by atoms with Gasteiger partial charge >= 0.3 is 6.03 Å². The highest BCUT2D eigenvalue weighted by Crippen LogP contribution is 2.38. The third kappa shape index (κ3) is 2.18. The molecule has 96 valence electrons. The van der Waals surface area contributed by atoms with Crippen molar-refractivity contribution < 1.29 is 14.4 Å². The van der Waals surface area contributed by atoms with Crippen LogP contribution in [0, 0.1) is 11.3 Å². The Balaban J connectivity index is 3.11. The zero-order valence-corrected chi connectivity index (χ0v) is 10.6. The summed E-state index contributed by atoms with van der Waals surface area (Å²) in [6.07, 6.45) is 2.88. The van der Waals surface area contributed by atoms with Gasteiger partial charge in [0, 0.05) is 0 Å². The normalized spacial score (nSPS) is 20.8. The lowest BCUT2D eigenvalue weighted by Gasteiger charge is -2.39. The van der Waals surface area contributed by atoms with Crippen LogP contribution in [0.2, 0.25) is 0 Å². The van der Waals surface area contributed by atoms with Gasteiger partial charge in [0.15, 0.2) is 0 Å². The van der Waals surface area contributed by atoms with Crippen molar-refractivity contribution in [2.24, 2.45) is 11.3 Å². The third-order valence-electron chi connectivity index (χ3n) is 3.65. The molecule has 0 spiro atoms. The summed E-state index contributed by atoms with van der Waals surface area (Å²) >= 11 is 0. The number of rotatable bonds is 5. The Kier molecular flexibility index (Phi) is 4.26. The Morgan fingerprint density at radius 1 is 1.06 bits per heavy atom. The van der Waals surface area contributed by atoms with Gasteiger partial charge < -0.3 is 0 Å². The van der Waals surface area contributed by atoms with Crippen LogP contribution in [0.1, 0.15) is 46.5 Å². The number of hydrogen-bond donors (Lipinski definition) is 2. The Morgan fingerprint density at radius 3 is 1.94 bits per heavy atom. The van der Waals surface area contributed by atoms with Crippen LogP contribution in [-0.4, -0.2) is 17.8 Å². The van der Waals surface area contributed by atoms with E-state index >= 15 is 0 Å². The molecule has 0 aliphatic carbocycles. The van der Waals surface area contributed by atoms with Crippen molar-refractivity contribution in [1.29, 1.82) is 0 Å². The number of barbiturate groups is 1. The first-order chi connectivity index (χ1) is 8.02. The van der Waals surface area contributed by atoms with E-state index in [2.05, 4.69) is 10.6 Å². The second-order valence-electron chi connectivity index (χ2n) is 4.46. The van der Waals surface area contributed by atoms with Gasteiger partial charge in [-0.25, -0.2) is 4.79 Å². The molecule has 1 fully saturated rings. The summed E-state index contributed by atoms with van der Waals surface area (Å²) in [5, 5.41) is 4.43. The Hall–Kier alpha value is -1.39. The predicted octanol–water partition coefficient (Wildman–Crippen LogP) is 1.58. The molecule has 0 aromatic carbocycles. The van der Waals surface area contributed by atoms with Crippen LogP contribution in [0.15, 0.2) is 0 Å². The molecular formula is C12H20N2O3. The highest BCUT2D eigenvalue weighted by Gasteiger charge is 2.53. The first-order valence-corrected chi connectivity index (χ1v) is 6.19. The SMILES string of the molecule is CCC[C@@H](CC)C1(CC)C(=O)NC(=O)NC1=O. The lowest BCUT2D eigenvalue weighted by atomic mass is 9.68. The van der Waals surface area contributed by atoms with Gasteiger partial charge in [-0.2, -0.15) is 0 Å². The molecule has 0 bridgehead atoms. The van der Waals surface area contributed by atoms with Crippen LogP contribution in [0.25, 0.3) is 0 Å². The number of imide groups is 2. The molecule has 1 aliphatic heterocycles. The molecule has 1 saturated heterocycles. The molecule has 1 aliphatic rings. The molecule has 1 atom stereocenters. The number of amides is 4. The number of nitrogens with one attached hydrogen (secondary N) is 2. The van der Waals surface area contributed by atoms with Crippen LogP contribution in [-0.2, 0) is 9.59 Å². The molecule has 1 rings (SSSR count). The van der Waals surface area contributed by atoms with Gasteiger partial charge in [0.2, 0.25) is 11.8 Å². The quantitative estimate of drug-likeness (QED) is 0.716. The molecule has 0 aromatic rings. The smallest absolute Gasteiger partial charge is 0.277 e. The Labute approximate surface area is 101 Å². The van der Waals surface area contributed by atoms with E-state index in [-0.39, 0.29) is 5.92 Å². The van der Waals surface area contributed by atoms with Gasteiger partial charge in [-0.05, 0) is 18.8 Å². The number of carbonyl (C=O) groups excluding carboxylic acids is 3. The molecule has 17 heavy (non-hydrogen) atoms. The highest BCUT2D eigenvalue weighted by atomic mass is 16.2. The van der Waals surface area contributed by atoms with Crippen LogP contribution in [0.5, 0.6) is 0 Å². The van der Waals surface area contributed by atoms with Gasteiger partial charge in [0.25, 0.3) is 0 Å². The summed E-state index contributed by atoms with van der Waals surface area (Å²) in [7, 11) is 0. The maximum atomic E-state index is 12.1. The first-order valence-electron chi connectivity index (χ1n) is 6.19. The topological polar surface area (TPSA) is 75.3 Å². The minimum atomic E-state index is -1.08. The van der Waals surface area contributed by atoms with Crippen molar-refractivity contribution in [2.75, 3.05) is 0 Å². The maximum Gasteiger partial charge on any atom is 0.328 e. The van der Waals surface area contributed by atoms with Gasteiger partial charge in [0.05, 0.1) is 0 Å². The number of urea groups is 1. The zero-order valence-electron chi connectivity index (χ0n) is 10.6. The molecule has 5 heteroatoms. The third-order valence-corrected chi connectivity index (χ3v) is 3.65. The van der Waals surface area contributed by atoms with E-state index in [1.54, 1.807) is 0 Å². The molecule has 5 nitrogen and oxygen atoms in total. The lowest BCUT2D eigenvalue weighted by Crippen LogP contribution is -2.64. The maximum absolute atomic E-state index is 12.1. The Morgan fingerprint density at radius 2 is 1.59 bits per heavy atom. The average Bonchev–Trinajstić information content (AvgIpc) is 2.27. The average molecular weight is 240 g/mol. The summed E-state index contributed by atoms with van der Waals surface area (Å²) in [5.74, 6) is -0.922. The van der Waals surface area contributed by atoms with Crippen LogP contribution >= 0.6 is 0 Å². The van der Waals surface area contributed by atoms with Gasteiger partial charge in [-0.3, -0.25) is 20.2 Å². The highest BCUT2D eigenvalue weighted by molar-refractivity contribution is 6.19. The first kappa shape index (κ1) is 13.7. The van der Waals surface area contributed by atoms with Crippen molar-refractivity contribution in [3.05, 3.63) is 0 Å². The Bertz CT molecular complexity index is 319. The lowest BCUT2D eigenvalue weighted by molar-refractivity contribution is -0.149. The fraction of sp³-hybridized carbons (Fsp3) is 0.750. The summed E-state index contributed by atoms with van der Waals surface area (Å²) in [6, 6.07) is -0.713. The van der Waals surface area contributed by atoms with E-state index < -0.39 is 23.3 Å². The summed E-state index contributed by atoms with van der Waals surface area (Å²) in [4.78, 5) is 35.2. The van der Waals surface area contributed by atoms with Gasteiger partial charge in [-0.15, -0.1) is 0 Å². The molecule has 0 saturated carbocycles. The van der Waals surface area contributed by atoms with Crippen LogP contribution < -0.4 is 10.6 Å². The molecule has 0 aromatic heterocycles. The fourth-order valence-electron chi connectivity index (χ4n) is 2.69.